The molecule has 1 atom stereocenters. The van der Waals surface area contributed by atoms with Crippen LogP contribution < -0.4 is 5.32 Å². The molecule has 0 radical (unpaired) electrons. The summed E-state index contributed by atoms with van der Waals surface area (Å²) < 4.78 is 0. The number of phenolic OH excluding ortho intramolecular Hbond substituents is 1. The lowest BCUT2D eigenvalue weighted by molar-refractivity contribution is 0.456. The molecule has 2 rings (SSSR count). The second-order valence-electron chi connectivity index (χ2n) is 3.23. The van der Waals surface area contributed by atoms with Crippen molar-refractivity contribution in [3.8, 4) is 5.75 Å². The maximum Gasteiger partial charge on any atom is 0.120 e. The summed E-state index contributed by atoms with van der Waals surface area (Å²) in [6.45, 7) is 0. The summed E-state index contributed by atoms with van der Waals surface area (Å²) in [5.41, 5.74) is 2.38. The second kappa shape index (κ2) is 2.79. The van der Waals surface area contributed by atoms with E-state index in [1.54, 1.807) is 6.07 Å². The van der Waals surface area contributed by atoms with Gasteiger partial charge >= 0.3 is 0 Å². The number of aryl methyl sites for hydroxylation is 1. The molecular weight excluding hydrogens is 150 g/mol. The molecule has 0 spiro atoms. The van der Waals surface area contributed by atoms with Crippen LogP contribution in [-0.4, -0.2) is 12.2 Å². The van der Waals surface area contributed by atoms with Gasteiger partial charge in [0.1, 0.15) is 5.75 Å². The van der Waals surface area contributed by atoms with E-state index in [0.29, 0.717) is 11.8 Å². The van der Waals surface area contributed by atoms with Crippen LogP contribution in [0.3, 0.4) is 0 Å². The summed E-state index contributed by atoms with van der Waals surface area (Å²) in [6, 6.07) is 6.11. The van der Waals surface area contributed by atoms with Crippen LogP contribution in [0, 0.1) is 0 Å². The molecule has 0 aliphatic heterocycles. The number of rotatable bonds is 1. The monoisotopic (exact) mass is 163 g/mol. The van der Waals surface area contributed by atoms with Crippen LogP contribution >= 0.6 is 0 Å². The van der Waals surface area contributed by atoms with E-state index < -0.39 is 0 Å². The smallest absolute Gasteiger partial charge is 0.120 e. The van der Waals surface area contributed by atoms with E-state index in [9.17, 15) is 5.11 Å². The highest BCUT2D eigenvalue weighted by atomic mass is 16.3. The summed E-state index contributed by atoms with van der Waals surface area (Å²) >= 11 is 0. The Morgan fingerprint density at radius 3 is 3.08 bits per heavy atom. The molecule has 1 aromatic carbocycles. The molecule has 12 heavy (non-hydrogen) atoms. The van der Waals surface area contributed by atoms with E-state index in [4.69, 9.17) is 0 Å². The van der Waals surface area contributed by atoms with Gasteiger partial charge in [0.15, 0.2) is 0 Å². The summed E-state index contributed by atoms with van der Waals surface area (Å²) in [4.78, 5) is 0. The lowest BCUT2D eigenvalue weighted by atomic mass is 10.1. The third-order valence-corrected chi connectivity index (χ3v) is 2.57. The Labute approximate surface area is 72.2 Å². The topological polar surface area (TPSA) is 32.3 Å². The highest BCUT2D eigenvalue weighted by Gasteiger charge is 2.23. The molecule has 1 aliphatic rings. The Morgan fingerprint density at radius 2 is 2.33 bits per heavy atom. The maximum atomic E-state index is 9.59. The van der Waals surface area contributed by atoms with Crippen molar-refractivity contribution in [1.29, 1.82) is 0 Å². The zero-order valence-electron chi connectivity index (χ0n) is 7.17. The Hall–Kier alpha value is -1.02. The van der Waals surface area contributed by atoms with Crippen LogP contribution in [0.4, 0.5) is 0 Å². The fourth-order valence-corrected chi connectivity index (χ4v) is 1.95. The molecule has 0 saturated heterocycles. The average Bonchev–Trinajstić information content (AvgIpc) is 2.49. The van der Waals surface area contributed by atoms with E-state index in [1.165, 1.54) is 5.56 Å². The normalized spacial score (nSPS) is 20.9. The summed E-state index contributed by atoms with van der Waals surface area (Å²) in [5, 5.41) is 12.8. The zero-order chi connectivity index (χ0) is 8.55. The maximum absolute atomic E-state index is 9.59. The SMILES string of the molecule is CNC1CCc2cccc(O)c21. The number of phenols is 1. The van der Waals surface area contributed by atoms with Crippen LogP contribution in [0.1, 0.15) is 23.6 Å². The average molecular weight is 163 g/mol. The molecule has 0 saturated carbocycles. The largest absolute Gasteiger partial charge is 0.508 e. The van der Waals surface area contributed by atoms with Crippen molar-refractivity contribution in [3.05, 3.63) is 29.3 Å². The lowest BCUT2D eigenvalue weighted by Crippen LogP contribution is -2.12. The molecule has 2 heteroatoms. The number of aromatic hydroxyl groups is 1. The van der Waals surface area contributed by atoms with E-state index in [1.807, 2.05) is 13.1 Å². The van der Waals surface area contributed by atoms with Gasteiger partial charge < -0.3 is 10.4 Å². The minimum atomic E-state index is 0.348. The van der Waals surface area contributed by atoms with Crippen molar-refractivity contribution in [2.75, 3.05) is 7.05 Å². The second-order valence-corrected chi connectivity index (χ2v) is 3.23. The molecule has 1 aliphatic carbocycles. The van der Waals surface area contributed by atoms with Gasteiger partial charge in [-0.15, -0.1) is 0 Å². The van der Waals surface area contributed by atoms with Crippen molar-refractivity contribution < 1.29 is 5.11 Å². The standard InChI is InChI=1S/C10H13NO/c1-11-8-6-5-7-3-2-4-9(12)10(7)8/h2-4,8,11-12H,5-6H2,1H3. The van der Waals surface area contributed by atoms with Crippen molar-refractivity contribution in [1.82, 2.24) is 5.32 Å². The number of fused-ring (bicyclic) bond motifs is 1. The van der Waals surface area contributed by atoms with Gasteiger partial charge in [-0.1, -0.05) is 12.1 Å². The molecule has 0 fully saturated rings. The molecule has 2 N–H and O–H groups in total. The first-order valence-corrected chi connectivity index (χ1v) is 4.31. The molecule has 0 heterocycles. The van der Waals surface area contributed by atoms with Gasteiger partial charge in [0.25, 0.3) is 0 Å². The summed E-state index contributed by atoms with van der Waals surface area (Å²) in [5.74, 6) is 0.435. The predicted octanol–water partition coefficient (Wildman–Crippen LogP) is 1.60. The number of hydrogen-bond acceptors (Lipinski definition) is 2. The van der Waals surface area contributed by atoms with Crippen molar-refractivity contribution in [2.24, 2.45) is 0 Å². The van der Waals surface area contributed by atoms with Gasteiger partial charge in [0.05, 0.1) is 0 Å². The third-order valence-electron chi connectivity index (χ3n) is 2.57. The molecule has 0 amide bonds. The molecule has 0 bridgehead atoms. The molecule has 2 nitrogen and oxygen atoms in total. The predicted molar refractivity (Wildman–Crippen MR) is 48.2 cm³/mol. The van der Waals surface area contributed by atoms with E-state index >= 15 is 0 Å². The van der Waals surface area contributed by atoms with E-state index in [-0.39, 0.29) is 0 Å². The Kier molecular flexibility index (Phi) is 1.77. The first kappa shape index (κ1) is 7.62. The van der Waals surface area contributed by atoms with Gasteiger partial charge in [0.2, 0.25) is 0 Å². The first-order chi connectivity index (χ1) is 5.83. The highest BCUT2D eigenvalue weighted by Crippen LogP contribution is 2.36. The van der Waals surface area contributed by atoms with Crippen LogP contribution in [0.2, 0.25) is 0 Å². The van der Waals surface area contributed by atoms with Gasteiger partial charge in [-0.25, -0.2) is 0 Å². The number of nitrogens with one attached hydrogen (secondary N) is 1. The molecule has 1 aromatic rings. The molecule has 1 unspecified atom stereocenters. The highest BCUT2D eigenvalue weighted by molar-refractivity contribution is 5.44. The van der Waals surface area contributed by atoms with Crippen molar-refractivity contribution in [3.63, 3.8) is 0 Å². The summed E-state index contributed by atoms with van der Waals surface area (Å²) in [7, 11) is 1.94. The van der Waals surface area contributed by atoms with E-state index in [2.05, 4.69) is 11.4 Å². The van der Waals surface area contributed by atoms with Gasteiger partial charge in [-0.3, -0.25) is 0 Å². The minimum Gasteiger partial charge on any atom is -0.508 e. The zero-order valence-corrected chi connectivity index (χ0v) is 7.17. The van der Waals surface area contributed by atoms with Crippen molar-refractivity contribution >= 4 is 0 Å². The first-order valence-electron chi connectivity index (χ1n) is 4.31. The Balaban J connectivity index is 2.48. The van der Waals surface area contributed by atoms with Crippen LogP contribution in [0.5, 0.6) is 5.75 Å². The fourth-order valence-electron chi connectivity index (χ4n) is 1.95. The van der Waals surface area contributed by atoms with Gasteiger partial charge in [-0.2, -0.15) is 0 Å². The lowest BCUT2D eigenvalue weighted by Gasteiger charge is -2.10. The van der Waals surface area contributed by atoms with Gasteiger partial charge in [0, 0.05) is 11.6 Å². The molecule has 64 valence electrons. The minimum absolute atomic E-state index is 0.348. The van der Waals surface area contributed by atoms with Crippen LogP contribution in [-0.2, 0) is 6.42 Å². The van der Waals surface area contributed by atoms with E-state index in [0.717, 1.165) is 18.4 Å². The van der Waals surface area contributed by atoms with Crippen molar-refractivity contribution in [2.45, 2.75) is 18.9 Å². The molecule has 0 aromatic heterocycles. The van der Waals surface area contributed by atoms with Crippen LogP contribution in [0.25, 0.3) is 0 Å². The fraction of sp³-hybridized carbons (Fsp3) is 0.400. The quantitative estimate of drug-likeness (QED) is 0.659. The number of hydrogen-bond donors (Lipinski definition) is 2. The molecular formula is C10H13NO. The number of benzene rings is 1. The summed E-state index contributed by atoms with van der Waals surface area (Å²) in [6.07, 6.45) is 2.18. The Morgan fingerprint density at radius 1 is 1.50 bits per heavy atom. The van der Waals surface area contributed by atoms with Crippen LogP contribution in [0.15, 0.2) is 18.2 Å². The van der Waals surface area contributed by atoms with Gasteiger partial charge in [-0.05, 0) is 31.5 Å². The Bertz CT molecular complexity index is 296. The third kappa shape index (κ3) is 0.994.